The van der Waals surface area contributed by atoms with Crippen molar-refractivity contribution >= 4 is 11.9 Å². The minimum absolute atomic E-state index is 0.0381. The second kappa shape index (κ2) is 10.3. The van der Waals surface area contributed by atoms with Gasteiger partial charge in [0.05, 0.1) is 0 Å². The van der Waals surface area contributed by atoms with E-state index >= 15 is 0 Å². The molecule has 1 saturated heterocycles. The summed E-state index contributed by atoms with van der Waals surface area (Å²) in [6.07, 6.45) is 6.33. The lowest BCUT2D eigenvalue weighted by Crippen LogP contribution is -2.48. The molecular formula is C24H36N2O4. The zero-order valence-corrected chi connectivity index (χ0v) is 18.2. The molecule has 166 valence electrons. The molecule has 0 bridgehead atoms. The number of carboxylic acids is 1. The lowest BCUT2D eigenvalue weighted by atomic mass is 9.79. The number of phenolic OH excluding ortho intramolecular Hbond substituents is 1. The van der Waals surface area contributed by atoms with E-state index in [-0.39, 0.29) is 30.0 Å². The van der Waals surface area contributed by atoms with E-state index < -0.39 is 12.0 Å². The number of nitrogens with one attached hydrogen (secondary N) is 1. The highest BCUT2D eigenvalue weighted by molar-refractivity contribution is 5.83. The number of hydrogen-bond acceptors (Lipinski definition) is 4. The molecule has 3 N–H and O–H groups in total. The number of piperidine rings is 1. The van der Waals surface area contributed by atoms with Crippen LogP contribution in [-0.2, 0) is 9.59 Å². The van der Waals surface area contributed by atoms with E-state index in [4.69, 9.17) is 0 Å². The number of hydrogen-bond donors (Lipinski definition) is 3. The van der Waals surface area contributed by atoms with E-state index in [2.05, 4.69) is 24.1 Å². The van der Waals surface area contributed by atoms with Gasteiger partial charge in [-0.25, -0.2) is 4.79 Å². The molecule has 6 nitrogen and oxygen atoms in total. The van der Waals surface area contributed by atoms with Crippen LogP contribution in [-0.4, -0.2) is 46.1 Å². The van der Waals surface area contributed by atoms with Gasteiger partial charge in [-0.2, -0.15) is 0 Å². The molecule has 4 atom stereocenters. The average molecular weight is 417 g/mol. The Kier molecular flexibility index (Phi) is 7.75. The van der Waals surface area contributed by atoms with Gasteiger partial charge in [0, 0.05) is 19.0 Å². The highest BCUT2D eigenvalue weighted by Crippen LogP contribution is 2.39. The number of carbonyl (C=O) groups excluding carboxylic acids is 1. The predicted molar refractivity (Wildman–Crippen MR) is 116 cm³/mol. The van der Waals surface area contributed by atoms with E-state index in [0.717, 1.165) is 50.6 Å². The van der Waals surface area contributed by atoms with Crippen LogP contribution >= 0.6 is 0 Å². The Morgan fingerprint density at radius 3 is 2.57 bits per heavy atom. The second-order valence-electron chi connectivity index (χ2n) is 9.23. The molecule has 3 rings (SSSR count). The van der Waals surface area contributed by atoms with Crippen LogP contribution in [0.3, 0.4) is 0 Å². The van der Waals surface area contributed by atoms with Crippen molar-refractivity contribution in [2.45, 2.75) is 70.9 Å². The van der Waals surface area contributed by atoms with Gasteiger partial charge in [-0.1, -0.05) is 45.2 Å². The van der Waals surface area contributed by atoms with Crippen LogP contribution in [0.5, 0.6) is 5.75 Å². The van der Waals surface area contributed by atoms with Crippen molar-refractivity contribution in [3.8, 4) is 5.75 Å². The van der Waals surface area contributed by atoms with Gasteiger partial charge >= 0.3 is 5.97 Å². The van der Waals surface area contributed by atoms with Crippen LogP contribution in [0, 0.1) is 17.8 Å². The third kappa shape index (κ3) is 5.54. The Morgan fingerprint density at radius 2 is 1.90 bits per heavy atom. The summed E-state index contributed by atoms with van der Waals surface area (Å²) in [7, 11) is 0. The van der Waals surface area contributed by atoms with Crippen LogP contribution in [0.1, 0.15) is 70.4 Å². The van der Waals surface area contributed by atoms with Crippen molar-refractivity contribution in [1.82, 2.24) is 10.2 Å². The van der Waals surface area contributed by atoms with Crippen molar-refractivity contribution in [1.29, 1.82) is 0 Å². The molecule has 1 saturated carbocycles. The van der Waals surface area contributed by atoms with Gasteiger partial charge in [0.2, 0.25) is 5.91 Å². The Labute approximate surface area is 179 Å². The topological polar surface area (TPSA) is 89.9 Å². The number of aromatic hydroxyl groups is 1. The van der Waals surface area contributed by atoms with Gasteiger partial charge in [0.1, 0.15) is 11.8 Å². The zero-order valence-electron chi connectivity index (χ0n) is 18.2. The number of rotatable bonds is 7. The fraction of sp³-hybridized carbons (Fsp3) is 0.667. The average Bonchev–Trinajstić information content (AvgIpc) is 2.73. The summed E-state index contributed by atoms with van der Waals surface area (Å²) in [5, 5.41) is 22.4. The van der Waals surface area contributed by atoms with Gasteiger partial charge in [0.15, 0.2) is 0 Å². The van der Waals surface area contributed by atoms with Crippen LogP contribution in [0.2, 0.25) is 0 Å². The number of aliphatic carboxylic acids is 1. The van der Waals surface area contributed by atoms with Crippen LogP contribution < -0.4 is 5.32 Å². The number of likely N-dealkylation sites (tertiary alicyclic amines) is 1. The first-order valence-electron chi connectivity index (χ1n) is 11.4. The zero-order chi connectivity index (χ0) is 21.7. The van der Waals surface area contributed by atoms with Gasteiger partial charge in [0.25, 0.3) is 0 Å². The summed E-state index contributed by atoms with van der Waals surface area (Å²) in [5.41, 5.74) is 1.07. The molecule has 0 spiro atoms. The summed E-state index contributed by atoms with van der Waals surface area (Å²) in [6.45, 7) is 5.96. The molecule has 1 aliphatic heterocycles. The van der Waals surface area contributed by atoms with Crippen LogP contribution in [0.4, 0.5) is 0 Å². The highest BCUT2D eigenvalue weighted by atomic mass is 16.4. The first-order chi connectivity index (χ1) is 14.4. The maximum Gasteiger partial charge on any atom is 0.326 e. The number of nitrogens with zero attached hydrogens (tertiary/aromatic N) is 1. The van der Waals surface area contributed by atoms with E-state index in [0.29, 0.717) is 18.4 Å². The quantitative estimate of drug-likeness (QED) is 0.626. The number of benzene rings is 1. The monoisotopic (exact) mass is 416 g/mol. The van der Waals surface area contributed by atoms with Crippen molar-refractivity contribution < 1.29 is 19.8 Å². The highest BCUT2D eigenvalue weighted by Gasteiger charge is 2.35. The second-order valence-corrected chi connectivity index (χ2v) is 9.23. The lowest BCUT2D eigenvalue weighted by molar-refractivity contribution is -0.144. The molecule has 1 aromatic carbocycles. The first kappa shape index (κ1) is 22.6. The minimum Gasteiger partial charge on any atom is -0.508 e. The third-order valence-electron chi connectivity index (χ3n) is 7.20. The van der Waals surface area contributed by atoms with Crippen LogP contribution in [0.25, 0.3) is 0 Å². The fourth-order valence-electron chi connectivity index (χ4n) is 5.23. The van der Waals surface area contributed by atoms with Crippen molar-refractivity contribution in [3.63, 3.8) is 0 Å². The Balaban J connectivity index is 1.63. The molecule has 1 unspecified atom stereocenters. The SMILES string of the molecule is C[C@@H]1[C@H](C)CCN(CCC(=O)NC(C(=O)O)C2CCCCC2)[C@@H]1c1cccc(O)c1. The molecule has 2 aliphatic rings. The summed E-state index contributed by atoms with van der Waals surface area (Å²) >= 11 is 0. The number of carboxylic acid groups (broad SMARTS) is 1. The van der Waals surface area contributed by atoms with Crippen molar-refractivity contribution in [2.24, 2.45) is 17.8 Å². The van der Waals surface area contributed by atoms with E-state index in [1.165, 1.54) is 0 Å². The molecule has 0 radical (unpaired) electrons. The van der Waals surface area contributed by atoms with Crippen molar-refractivity contribution in [3.05, 3.63) is 29.8 Å². The molecule has 2 fully saturated rings. The Bertz CT molecular complexity index is 732. The molecule has 1 heterocycles. The smallest absolute Gasteiger partial charge is 0.326 e. The number of amides is 1. The van der Waals surface area contributed by atoms with E-state index in [1.54, 1.807) is 6.07 Å². The molecule has 1 amide bonds. The lowest BCUT2D eigenvalue weighted by Gasteiger charge is -2.43. The fourth-order valence-corrected chi connectivity index (χ4v) is 5.23. The molecule has 1 aliphatic carbocycles. The van der Waals surface area contributed by atoms with Crippen molar-refractivity contribution in [2.75, 3.05) is 13.1 Å². The third-order valence-corrected chi connectivity index (χ3v) is 7.20. The van der Waals surface area contributed by atoms with Gasteiger partial charge in [-0.05, 0) is 61.3 Å². The summed E-state index contributed by atoms with van der Waals surface area (Å²) in [5.74, 6) is 0.147. The molecule has 6 heteroatoms. The predicted octanol–water partition coefficient (Wildman–Crippen LogP) is 3.95. The van der Waals surface area contributed by atoms with Gasteiger partial charge in [-0.3, -0.25) is 9.69 Å². The standard InChI is InChI=1S/C24H36N2O4/c1-16-11-13-26(23(17(16)2)19-9-6-10-20(27)15-19)14-12-21(28)25-22(24(29)30)18-7-4-3-5-8-18/h6,9-10,15-18,22-23,27H,3-5,7-8,11-14H2,1-2H3,(H,25,28)(H,29,30)/t16-,17-,22?,23+/m1/s1. The summed E-state index contributed by atoms with van der Waals surface area (Å²) in [6, 6.07) is 6.76. The number of phenols is 1. The maximum absolute atomic E-state index is 12.6. The van der Waals surface area contributed by atoms with E-state index in [9.17, 15) is 19.8 Å². The molecular weight excluding hydrogens is 380 g/mol. The Morgan fingerprint density at radius 1 is 1.17 bits per heavy atom. The molecule has 30 heavy (non-hydrogen) atoms. The largest absolute Gasteiger partial charge is 0.508 e. The molecule has 1 aromatic rings. The van der Waals surface area contributed by atoms with Gasteiger partial charge < -0.3 is 15.5 Å². The summed E-state index contributed by atoms with van der Waals surface area (Å²) in [4.78, 5) is 26.7. The minimum atomic E-state index is -0.923. The van der Waals surface area contributed by atoms with Gasteiger partial charge in [-0.15, -0.1) is 0 Å². The van der Waals surface area contributed by atoms with E-state index in [1.807, 2.05) is 18.2 Å². The maximum atomic E-state index is 12.6. The molecule has 0 aromatic heterocycles. The first-order valence-corrected chi connectivity index (χ1v) is 11.4. The van der Waals surface area contributed by atoms with Crippen LogP contribution in [0.15, 0.2) is 24.3 Å². The summed E-state index contributed by atoms with van der Waals surface area (Å²) < 4.78 is 0. The normalized spacial score (nSPS) is 26.8. The number of carbonyl (C=O) groups is 2. The Hall–Kier alpha value is -2.08.